The first kappa shape index (κ1) is 22.2. The van der Waals surface area contributed by atoms with Crippen LogP contribution in [0.3, 0.4) is 0 Å². The fourth-order valence-electron chi connectivity index (χ4n) is 4.74. The minimum atomic E-state index is -0.197. The van der Waals surface area contributed by atoms with Crippen molar-refractivity contribution in [2.24, 2.45) is 0 Å². The Kier molecular flexibility index (Phi) is 7.54. The number of methoxy groups -OCH3 is 1. The van der Waals surface area contributed by atoms with Crippen molar-refractivity contribution in [2.45, 2.75) is 93.6 Å². The molecule has 0 radical (unpaired) electrons. The molecule has 2 saturated carbocycles. The van der Waals surface area contributed by atoms with Gasteiger partial charge in [-0.25, -0.2) is 0 Å². The predicted octanol–water partition coefficient (Wildman–Crippen LogP) is 5.39. The van der Waals surface area contributed by atoms with Gasteiger partial charge in [0, 0.05) is 17.6 Å². The average molecular weight is 443 g/mol. The molecule has 7 heteroatoms. The van der Waals surface area contributed by atoms with Crippen LogP contribution in [0.25, 0.3) is 11.4 Å². The summed E-state index contributed by atoms with van der Waals surface area (Å²) in [5.74, 6) is 1.83. The highest BCUT2D eigenvalue weighted by atomic mass is 32.2. The summed E-state index contributed by atoms with van der Waals surface area (Å²) in [6.45, 7) is 1.98. The first-order chi connectivity index (χ1) is 15.2. The normalized spacial score (nSPS) is 19.2. The molecule has 1 amide bonds. The zero-order valence-electron chi connectivity index (χ0n) is 18.7. The van der Waals surface area contributed by atoms with Crippen LogP contribution < -0.4 is 10.1 Å². The minimum Gasteiger partial charge on any atom is -0.497 e. The van der Waals surface area contributed by atoms with Crippen molar-refractivity contribution in [3.05, 3.63) is 24.3 Å². The fourth-order valence-corrected chi connectivity index (χ4v) is 5.67. The Bertz CT molecular complexity index is 855. The standard InChI is InChI=1S/C24H34N4O2S/c1-17(23(29)25-19-9-5-3-6-10-19)31-24-27-26-22(18-13-15-21(30-2)16-14-18)28(24)20-11-7-4-8-12-20/h13-17,19-20H,3-12H2,1-2H3,(H,25,29). The van der Waals surface area contributed by atoms with Crippen LogP contribution in [0, 0.1) is 0 Å². The first-order valence-corrected chi connectivity index (χ1v) is 12.6. The maximum Gasteiger partial charge on any atom is 0.233 e. The van der Waals surface area contributed by atoms with Gasteiger partial charge in [0.2, 0.25) is 5.91 Å². The van der Waals surface area contributed by atoms with E-state index in [0.29, 0.717) is 12.1 Å². The smallest absolute Gasteiger partial charge is 0.233 e. The van der Waals surface area contributed by atoms with Gasteiger partial charge in [-0.15, -0.1) is 10.2 Å². The second kappa shape index (κ2) is 10.5. The van der Waals surface area contributed by atoms with Crippen LogP contribution in [0.1, 0.15) is 77.2 Å². The van der Waals surface area contributed by atoms with Crippen molar-refractivity contribution < 1.29 is 9.53 Å². The molecule has 2 aliphatic carbocycles. The SMILES string of the molecule is COc1ccc(-c2nnc(SC(C)C(=O)NC3CCCCC3)n2C2CCCCC2)cc1. The molecular formula is C24H34N4O2S. The van der Waals surface area contributed by atoms with Crippen LogP contribution in [-0.2, 0) is 4.79 Å². The number of ether oxygens (including phenoxy) is 1. The highest BCUT2D eigenvalue weighted by molar-refractivity contribution is 8.00. The quantitative estimate of drug-likeness (QED) is 0.582. The van der Waals surface area contributed by atoms with E-state index in [9.17, 15) is 4.79 Å². The summed E-state index contributed by atoms with van der Waals surface area (Å²) in [4.78, 5) is 12.8. The molecule has 168 valence electrons. The Labute approximate surface area is 189 Å². The van der Waals surface area contributed by atoms with Gasteiger partial charge in [-0.1, -0.05) is 50.3 Å². The van der Waals surface area contributed by atoms with Crippen molar-refractivity contribution in [3.63, 3.8) is 0 Å². The number of benzene rings is 1. The van der Waals surface area contributed by atoms with Gasteiger partial charge >= 0.3 is 0 Å². The molecule has 2 aliphatic rings. The predicted molar refractivity (Wildman–Crippen MR) is 124 cm³/mol. The van der Waals surface area contributed by atoms with Crippen LogP contribution in [0.2, 0.25) is 0 Å². The molecule has 4 rings (SSSR count). The summed E-state index contributed by atoms with van der Waals surface area (Å²) < 4.78 is 7.59. The largest absolute Gasteiger partial charge is 0.497 e. The molecule has 1 unspecified atom stereocenters. The topological polar surface area (TPSA) is 69.0 Å². The second-order valence-corrected chi connectivity index (χ2v) is 10.1. The fraction of sp³-hybridized carbons (Fsp3) is 0.625. The van der Waals surface area contributed by atoms with Gasteiger partial charge in [-0.3, -0.25) is 9.36 Å². The lowest BCUT2D eigenvalue weighted by atomic mass is 9.95. The van der Waals surface area contributed by atoms with Gasteiger partial charge in [-0.2, -0.15) is 0 Å². The number of aromatic nitrogens is 3. The van der Waals surface area contributed by atoms with Crippen LogP contribution >= 0.6 is 11.8 Å². The number of nitrogens with one attached hydrogen (secondary N) is 1. The van der Waals surface area contributed by atoms with Gasteiger partial charge in [0.05, 0.1) is 12.4 Å². The van der Waals surface area contributed by atoms with Crippen molar-refractivity contribution in [3.8, 4) is 17.1 Å². The maximum atomic E-state index is 12.8. The third-order valence-corrected chi connectivity index (χ3v) is 7.61. The molecule has 1 N–H and O–H groups in total. The summed E-state index contributed by atoms with van der Waals surface area (Å²) in [7, 11) is 1.67. The number of carbonyl (C=O) groups is 1. The lowest BCUT2D eigenvalue weighted by Crippen LogP contribution is -2.40. The van der Waals surface area contributed by atoms with E-state index < -0.39 is 0 Å². The number of nitrogens with zero attached hydrogens (tertiary/aromatic N) is 3. The lowest BCUT2D eigenvalue weighted by Gasteiger charge is -2.27. The molecule has 2 aromatic rings. The number of carbonyl (C=O) groups excluding carboxylic acids is 1. The summed E-state index contributed by atoms with van der Waals surface area (Å²) in [5.41, 5.74) is 1.03. The number of hydrogen-bond donors (Lipinski definition) is 1. The van der Waals surface area contributed by atoms with Gasteiger partial charge in [0.1, 0.15) is 5.75 Å². The number of hydrogen-bond acceptors (Lipinski definition) is 5. The van der Waals surface area contributed by atoms with E-state index in [1.54, 1.807) is 7.11 Å². The number of rotatable bonds is 7. The molecule has 1 heterocycles. The number of amides is 1. The molecule has 0 saturated heterocycles. The monoisotopic (exact) mass is 442 g/mol. The van der Waals surface area contributed by atoms with Crippen LogP contribution in [0.5, 0.6) is 5.75 Å². The first-order valence-electron chi connectivity index (χ1n) is 11.7. The molecule has 0 bridgehead atoms. The Balaban J connectivity index is 1.54. The molecule has 31 heavy (non-hydrogen) atoms. The van der Waals surface area contributed by atoms with Gasteiger partial charge in [-0.05, 0) is 56.9 Å². The van der Waals surface area contributed by atoms with E-state index >= 15 is 0 Å². The molecule has 1 atom stereocenters. The Morgan fingerprint density at radius 3 is 2.32 bits per heavy atom. The third-order valence-electron chi connectivity index (χ3n) is 6.56. The summed E-state index contributed by atoms with van der Waals surface area (Å²) in [5, 5.41) is 13.0. The van der Waals surface area contributed by atoms with Gasteiger partial charge in [0.25, 0.3) is 0 Å². The second-order valence-electron chi connectivity index (χ2n) is 8.80. The highest BCUT2D eigenvalue weighted by Gasteiger charge is 2.27. The van der Waals surface area contributed by atoms with Crippen molar-refractivity contribution in [1.29, 1.82) is 0 Å². The number of thioether (sulfide) groups is 1. The van der Waals surface area contributed by atoms with Crippen molar-refractivity contribution in [1.82, 2.24) is 20.1 Å². The summed E-state index contributed by atoms with van der Waals surface area (Å²) in [6, 6.07) is 8.71. The van der Waals surface area contributed by atoms with E-state index in [2.05, 4.69) is 20.1 Å². The Morgan fingerprint density at radius 1 is 1.03 bits per heavy atom. The van der Waals surface area contributed by atoms with E-state index in [4.69, 9.17) is 4.74 Å². The van der Waals surface area contributed by atoms with Crippen molar-refractivity contribution in [2.75, 3.05) is 7.11 Å². The van der Waals surface area contributed by atoms with E-state index in [0.717, 1.165) is 48.0 Å². The molecule has 0 spiro atoms. The van der Waals surface area contributed by atoms with Crippen molar-refractivity contribution >= 4 is 17.7 Å². The molecular weight excluding hydrogens is 408 g/mol. The van der Waals surface area contributed by atoms with E-state index in [-0.39, 0.29) is 11.2 Å². The highest BCUT2D eigenvalue weighted by Crippen LogP contribution is 2.37. The van der Waals surface area contributed by atoms with Crippen LogP contribution in [0.15, 0.2) is 29.4 Å². The zero-order valence-corrected chi connectivity index (χ0v) is 19.5. The van der Waals surface area contributed by atoms with E-state index in [1.165, 1.54) is 50.3 Å². The summed E-state index contributed by atoms with van der Waals surface area (Å²) in [6.07, 6.45) is 11.9. The van der Waals surface area contributed by atoms with E-state index in [1.807, 2.05) is 31.2 Å². The van der Waals surface area contributed by atoms with Gasteiger partial charge in [0.15, 0.2) is 11.0 Å². The summed E-state index contributed by atoms with van der Waals surface area (Å²) >= 11 is 1.54. The van der Waals surface area contributed by atoms with Gasteiger partial charge < -0.3 is 10.1 Å². The third kappa shape index (κ3) is 5.43. The van der Waals surface area contributed by atoms with Crippen LogP contribution in [-0.4, -0.2) is 39.1 Å². The Hall–Kier alpha value is -2.02. The molecule has 6 nitrogen and oxygen atoms in total. The minimum absolute atomic E-state index is 0.112. The van der Waals surface area contributed by atoms with Crippen LogP contribution in [0.4, 0.5) is 0 Å². The average Bonchev–Trinajstić information content (AvgIpc) is 3.23. The zero-order chi connectivity index (χ0) is 21.6. The molecule has 0 aliphatic heterocycles. The lowest BCUT2D eigenvalue weighted by molar-refractivity contribution is -0.121. The maximum absolute atomic E-state index is 12.8. The molecule has 1 aromatic heterocycles. The Morgan fingerprint density at radius 2 is 1.68 bits per heavy atom. The molecule has 2 fully saturated rings. The molecule has 1 aromatic carbocycles.